The summed E-state index contributed by atoms with van der Waals surface area (Å²) in [6, 6.07) is 3.98. The van der Waals surface area contributed by atoms with Crippen molar-refractivity contribution >= 4 is 45.2 Å². The van der Waals surface area contributed by atoms with Crippen molar-refractivity contribution in [3.8, 4) is 0 Å². The SMILES string of the molecule is O=C(/C=C/c1ccc(Br)s1)N1CCC(CC(=O)N2CCCC2)CC1. The van der Waals surface area contributed by atoms with E-state index in [2.05, 4.69) is 15.9 Å². The standard InChI is InChI=1S/C18H23BrN2O2S/c19-16-5-3-15(24-16)4-6-17(22)21-11-7-14(8-12-21)13-18(23)20-9-1-2-10-20/h3-6,14H,1-2,7-13H2/b6-4+. The first kappa shape index (κ1) is 17.7. The van der Waals surface area contributed by atoms with E-state index in [0.717, 1.165) is 60.5 Å². The van der Waals surface area contributed by atoms with Gasteiger partial charge in [0, 0.05) is 43.6 Å². The predicted octanol–water partition coefficient (Wildman–Crippen LogP) is 3.77. The zero-order valence-corrected chi connectivity index (χ0v) is 16.2. The molecule has 24 heavy (non-hydrogen) atoms. The van der Waals surface area contributed by atoms with Gasteiger partial charge in [-0.15, -0.1) is 11.3 Å². The summed E-state index contributed by atoms with van der Waals surface area (Å²) in [4.78, 5) is 29.5. The van der Waals surface area contributed by atoms with Gasteiger partial charge in [0.2, 0.25) is 11.8 Å². The van der Waals surface area contributed by atoms with Crippen LogP contribution in [-0.4, -0.2) is 47.8 Å². The molecule has 3 rings (SSSR count). The number of amides is 2. The third-order valence-electron chi connectivity index (χ3n) is 4.83. The van der Waals surface area contributed by atoms with Crippen LogP contribution in [0.5, 0.6) is 0 Å². The number of hydrogen-bond acceptors (Lipinski definition) is 3. The van der Waals surface area contributed by atoms with Gasteiger partial charge in [-0.25, -0.2) is 0 Å². The quantitative estimate of drug-likeness (QED) is 0.708. The fraction of sp³-hybridized carbons (Fsp3) is 0.556. The van der Waals surface area contributed by atoms with E-state index in [9.17, 15) is 9.59 Å². The summed E-state index contributed by atoms with van der Waals surface area (Å²) < 4.78 is 1.07. The fourth-order valence-corrected chi connectivity index (χ4v) is 4.70. The summed E-state index contributed by atoms with van der Waals surface area (Å²) in [6.45, 7) is 3.38. The Kier molecular flexibility index (Phi) is 6.11. The summed E-state index contributed by atoms with van der Waals surface area (Å²) >= 11 is 5.04. The average Bonchev–Trinajstić information content (AvgIpc) is 3.25. The highest BCUT2D eigenvalue weighted by Gasteiger charge is 2.26. The lowest BCUT2D eigenvalue weighted by atomic mass is 9.93. The van der Waals surface area contributed by atoms with E-state index in [4.69, 9.17) is 0 Å². The van der Waals surface area contributed by atoms with E-state index in [1.807, 2.05) is 28.0 Å². The molecule has 2 aliphatic heterocycles. The van der Waals surface area contributed by atoms with Crippen molar-refractivity contribution in [2.24, 2.45) is 5.92 Å². The number of halogens is 1. The molecule has 0 N–H and O–H groups in total. The smallest absolute Gasteiger partial charge is 0.246 e. The van der Waals surface area contributed by atoms with Gasteiger partial charge >= 0.3 is 0 Å². The molecule has 0 atom stereocenters. The molecule has 0 radical (unpaired) electrons. The zero-order valence-electron chi connectivity index (χ0n) is 13.7. The number of carbonyl (C=O) groups excluding carboxylic acids is 2. The van der Waals surface area contributed by atoms with E-state index >= 15 is 0 Å². The molecular formula is C18H23BrN2O2S. The van der Waals surface area contributed by atoms with Gasteiger partial charge in [-0.2, -0.15) is 0 Å². The Morgan fingerprint density at radius 1 is 1.12 bits per heavy atom. The van der Waals surface area contributed by atoms with Crippen molar-refractivity contribution in [1.82, 2.24) is 9.80 Å². The molecule has 6 heteroatoms. The number of nitrogens with zero attached hydrogens (tertiary/aromatic N) is 2. The number of rotatable bonds is 4. The summed E-state index contributed by atoms with van der Waals surface area (Å²) in [7, 11) is 0. The van der Waals surface area contributed by atoms with Crippen molar-refractivity contribution < 1.29 is 9.59 Å². The van der Waals surface area contributed by atoms with Crippen LogP contribution >= 0.6 is 27.3 Å². The van der Waals surface area contributed by atoms with Gasteiger partial charge < -0.3 is 9.80 Å². The van der Waals surface area contributed by atoms with E-state index in [0.29, 0.717) is 18.2 Å². The maximum atomic E-state index is 12.3. The summed E-state index contributed by atoms with van der Waals surface area (Å²) in [6.07, 6.45) is 8.35. The average molecular weight is 411 g/mol. The van der Waals surface area contributed by atoms with Crippen LogP contribution in [0, 0.1) is 5.92 Å². The molecule has 0 spiro atoms. The Hall–Kier alpha value is -1.14. The van der Waals surface area contributed by atoms with Gasteiger partial charge in [-0.05, 0) is 65.7 Å². The molecule has 2 fully saturated rings. The Balaban J connectivity index is 1.43. The highest BCUT2D eigenvalue weighted by Crippen LogP contribution is 2.24. The molecule has 130 valence electrons. The Labute approximate surface area is 155 Å². The van der Waals surface area contributed by atoms with Crippen LogP contribution in [0.15, 0.2) is 22.0 Å². The second kappa shape index (κ2) is 8.30. The molecule has 2 amide bonds. The third kappa shape index (κ3) is 4.70. The van der Waals surface area contributed by atoms with E-state index < -0.39 is 0 Å². The topological polar surface area (TPSA) is 40.6 Å². The lowest BCUT2D eigenvalue weighted by molar-refractivity contribution is -0.131. The molecule has 0 bridgehead atoms. The van der Waals surface area contributed by atoms with Crippen molar-refractivity contribution in [1.29, 1.82) is 0 Å². The van der Waals surface area contributed by atoms with Gasteiger partial charge in [-0.3, -0.25) is 9.59 Å². The van der Waals surface area contributed by atoms with Crippen LogP contribution in [0.4, 0.5) is 0 Å². The second-order valence-electron chi connectivity index (χ2n) is 6.54. The van der Waals surface area contributed by atoms with Crippen molar-refractivity contribution in [2.45, 2.75) is 32.1 Å². The molecule has 2 saturated heterocycles. The molecular weight excluding hydrogens is 388 g/mol. The van der Waals surface area contributed by atoms with Crippen LogP contribution in [-0.2, 0) is 9.59 Å². The molecule has 0 aliphatic carbocycles. The molecule has 1 aromatic rings. The summed E-state index contributed by atoms with van der Waals surface area (Å²) in [5.74, 6) is 0.809. The number of likely N-dealkylation sites (tertiary alicyclic amines) is 2. The normalized spacial score (nSPS) is 19.4. The predicted molar refractivity (Wildman–Crippen MR) is 101 cm³/mol. The number of carbonyl (C=O) groups is 2. The van der Waals surface area contributed by atoms with Crippen LogP contribution in [0.2, 0.25) is 0 Å². The van der Waals surface area contributed by atoms with Crippen molar-refractivity contribution in [3.63, 3.8) is 0 Å². The van der Waals surface area contributed by atoms with Gasteiger partial charge in [0.1, 0.15) is 0 Å². The maximum Gasteiger partial charge on any atom is 0.246 e. The minimum Gasteiger partial charge on any atom is -0.343 e. The number of piperidine rings is 1. The molecule has 2 aliphatic rings. The Morgan fingerprint density at radius 3 is 2.46 bits per heavy atom. The van der Waals surface area contributed by atoms with Crippen LogP contribution < -0.4 is 0 Å². The van der Waals surface area contributed by atoms with Gasteiger partial charge in [0.15, 0.2) is 0 Å². The number of hydrogen-bond donors (Lipinski definition) is 0. The highest BCUT2D eigenvalue weighted by molar-refractivity contribution is 9.11. The fourth-order valence-electron chi connectivity index (χ4n) is 3.38. The first-order chi connectivity index (χ1) is 11.6. The highest BCUT2D eigenvalue weighted by atomic mass is 79.9. The first-order valence-electron chi connectivity index (χ1n) is 8.62. The van der Waals surface area contributed by atoms with Gasteiger partial charge in [-0.1, -0.05) is 0 Å². The lowest BCUT2D eigenvalue weighted by Crippen LogP contribution is -2.39. The second-order valence-corrected chi connectivity index (χ2v) is 9.03. The molecule has 0 saturated carbocycles. The maximum absolute atomic E-state index is 12.3. The summed E-state index contributed by atoms with van der Waals surface area (Å²) in [5, 5.41) is 0. The largest absolute Gasteiger partial charge is 0.343 e. The molecule has 3 heterocycles. The van der Waals surface area contributed by atoms with Crippen molar-refractivity contribution in [2.75, 3.05) is 26.2 Å². The zero-order chi connectivity index (χ0) is 16.9. The molecule has 1 aromatic heterocycles. The Morgan fingerprint density at radius 2 is 1.83 bits per heavy atom. The van der Waals surface area contributed by atoms with Crippen LogP contribution in [0.3, 0.4) is 0 Å². The van der Waals surface area contributed by atoms with Gasteiger partial charge in [0.05, 0.1) is 3.79 Å². The minimum absolute atomic E-state index is 0.0730. The Bertz CT molecular complexity index is 614. The summed E-state index contributed by atoms with van der Waals surface area (Å²) in [5.41, 5.74) is 0. The van der Waals surface area contributed by atoms with Crippen LogP contribution in [0.25, 0.3) is 6.08 Å². The van der Waals surface area contributed by atoms with Crippen molar-refractivity contribution in [3.05, 3.63) is 26.9 Å². The molecule has 0 unspecified atom stereocenters. The van der Waals surface area contributed by atoms with E-state index in [1.165, 1.54) is 0 Å². The van der Waals surface area contributed by atoms with E-state index in [-0.39, 0.29) is 5.91 Å². The minimum atomic E-state index is 0.0730. The first-order valence-corrected chi connectivity index (χ1v) is 10.2. The van der Waals surface area contributed by atoms with Gasteiger partial charge in [0.25, 0.3) is 0 Å². The van der Waals surface area contributed by atoms with E-state index in [1.54, 1.807) is 17.4 Å². The monoisotopic (exact) mass is 410 g/mol. The third-order valence-corrected chi connectivity index (χ3v) is 6.42. The lowest BCUT2D eigenvalue weighted by Gasteiger charge is -2.31. The van der Waals surface area contributed by atoms with Crippen LogP contribution in [0.1, 0.15) is 37.0 Å². The molecule has 0 aromatic carbocycles. The number of thiophene rings is 1. The molecule has 4 nitrogen and oxygen atoms in total.